The van der Waals surface area contributed by atoms with Gasteiger partial charge in [0.25, 0.3) is 0 Å². The Morgan fingerprint density at radius 3 is 2.83 bits per heavy atom. The highest BCUT2D eigenvalue weighted by Crippen LogP contribution is 2.31. The van der Waals surface area contributed by atoms with Gasteiger partial charge in [-0.1, -0.05) is 12.1 Å². The molecule has 1 unspecified atom stereocenters. The molecule has 1 aromatic heterocycles. The van der Waals surface area contributed by atoms with Gasteiger partial charge in [-0.2, -0.15) is 18.0 Å². The molecule has 2 aromatic rings. The lowest BCUT2D eigenvalue weighted by atomic mass is 10.1. The zero-order valence-electron chi connectivity index (χ0n) is 13.0. The zero-order valence-corrected chi connectivity index (χ0v) is 13.0. The highest BCUT2D eigenvalue weighted by molar-refractivity contribution is 5.75. The lowest BCUT2D eigenvalue weighted by molar-refractivity contribution is -0.137. The van der Waals surface area contributed by atoms with Crippen molar-refractivity contribution in [1.29, 1.82) is 0 Å². The molecule has 1 N–H and O–H groups in total. The smallest absolute Gasteiger partial charge is 0.383 e. The van der Waals surface area contributed by atoms with Crippen LogP contribution in [0, 0.1) is 0 Å². The number of ether oxygens (including phenoxy) is 1. The summed E-state index contributed by atoms with van der Waals surface area (Å²) in [5, 5.41) is 14.0. The molecule has 0 aliphatic carbocycles. The summed E-state index contributed by atoms with van der Waals surface area (Å²) < 4.78 is 43.1. The van der Waals surface area contributed by atoms with Gasteiger partial charge < -0.3 is 10.1 Å². The molecule has 7 nitrogen and oxygen atoms in total. The van der Waals surface area contributed by atoms with Gasteiger partial charge in [-0.3, -0.25) is 4.79 Å². The number of amides is 1. The number of methoxy groups -OCH3 is 1. The minimum Gasteiger partial charge on any atom is -0.383 e. The van der Waals surface area contributed by atoms with Crippen molar-refractivity contribution in [3.63, 3.8) is 0 Å². The Labute approximate surface area is 135 Å². The second kappa shape index (κ2) is 7.39. The number of nitrogens with one attached hydrogen (secondary N) is 1. The Morgan fingerprint density at radius 2 is 2.17 bits per heavy atom. The first-order valence-electron chi connectivity index (χ1n) is 7.03. The van der Waals surface area contributed by atoms with Crippen LogP contribution in [0.2, 0.25) is 0 Å². The molecule has 0 saturated heterocycles. The zero-order chi connectivity index (χ0) is 17.7. The summed E-state index contributed by atoms with van der Waals surface area (Å²) in [5.41, 5.74) is -0.633. The number of hydrogen-bond donors (Lipinski definition) is 1. The van der Waals surface area contributed by atoms with Crippen LogP contribution >= 0.6 is 0 Å². The molecule has 0 fully saturated rings. The van der Waals surface area contributed by atoms with E-state index in [1.807, 2.05) is 0 Å². The van der Waals surface area contributed by atoms with E-state index in [-0.39, 0.29) is 29.9 Å². The van der Waals surface area contributed by atoms with Crippen molar-refractivity contribution in [2.24, 2.45) is 0 Å². The summed E-state index contributed by atoms with van der Waals surface area (Å²) in [7, 11) is 1.52. The fourth-order valence-electron chi connectivity index (χ4n) is 2.00. The second-order valence-electron chi connectivity index (χ2n) is 5.15. The molecule has 130 valence electrons. The van der Waals surface area contributed by atoms with E-state index in [9.17, 15) is 18.0 Å². The van der Waals surface area contributed by atoms with Gasteiger partial charge in [-0.15, -0.1) is 10.2 Å². The van der Waals surface area contributed by atoms with Gasteiger partial charge in [0.15, 0.2) is 0 Å². The molecule has 24 heavy (non-hydrogen) atoms. The van der Waals surface area contributed by atoms with Gasteiger partial charge in [0.05, 0.1) is 12.2 Å². The van der Waals surface area contributed by atoms with Crippen LogP contribution in [0.1, 0.15) is 12.5 Å². The van der Waals surface area contributed by atoms with Crippen molar-refractivity contribution in [2.75, 3.05) is 13.7 Å². The summed E-state index contributed by atoms with van der Waals surface area (Å²) in [5.74, 6) is -0.341. The van der Waals surface area contributed by atoms with Crippen molar-refractivity contribution in [3.8, 4) is 11.4 Å². The summed E-state index contributed by atoms with van der Waals surface area (Å²) in [6.07, 6.45) is -4.45. The van der Waals surface area contributed by atoms with Crippen molar-refractivity contribution in [3.05, 3.63) is 29.8 Å². The number of alkyl halides is 3. The van der Waals surface area contributed by atoms with Crippen LogP contribution in [0.25, 0.3) is 11.4 Å². The van der Waals surface area contributed by atoms with E-state index in [0.717, 1.165) is 16.9 Å². The van der Waals surface area contributed by atoms with E-state index < -0.39 is 11.7 Å². The number of aromatic nitrogens is 4. The van der Waals surface area contributed by atoms with E-state index in [0.29, 0.717) is 6.61 Å². The standard InChI is InChI=1S/C14H16F3N5O2/c1-9(8-24-2)18-12(23)7-22-20-13(19-21-22)10-4-3-5-11(6-10)14(15,16)17/h3-6,9H,7-8H2,1-2H3,(H,18,23). The predicted molar refractivity (Wildman–Crippen MR) is 77.7 cm³/mol. The molecule has 0 radical (unpaired) electrons. The normalized spacial score (nSPS) is 12.9. The number of halogens is 3. The van der Waals surface area contributed by atoms with Crippen LogP contribution in [0.15, 0.2) is 24.3 Å². The maximum absolute atomic E-state index is 12.7. The second-order valence-corrected chi connectivity index (χ2v) is 5.15. The third kappa shape index (κ3) is 4.75. The molecule has 1 atom stereocenters. The Hall–Kier alpha value is -2.49. The van der Waals surface area contributed by atoms with E-state index in [2.05, 4.69) is 20.7 Å². The van der Waals surface area contributed by atoms with Gasteiger partial charge in [0, 0.05) is 18.7 Å². The highest BCUT2D eigenvalue weighted by Gasteiger charge is 2.30. The maximum Gasteiger partial charge on any atom is 0.416 e. The molecule has 0 bridgehead atoms. The molecule has 1 amide bonds. The number of rotatable bonds is 6. The van der Waals surface area contributed by atoms with E-state index in [1.165, 1.54) is 19.2 Å². The largest absolute Gasteiger partial charge is 0.416 e. The maximum atomic E-state index is 12.7. The van der Waals surface area contributed by atoms with E-state index in [1.54, 1.807) is 6.92 Å². The Bertz CT molecular complexity index is 702. The predicted octanol–water partition coefficient (Wildman–Crippen LogP) is 1.51. The van der Waals surface area contributed by atoms with Gasteiger partial charge in [0.2, 0.25) is 11.7 Å². The average molecular weight is 343 g/mol. The minimum atomic E-state index is -4.45. The molecule has 1 heterocycles. The van der Waals surface area contributed by atoms with Crippen LogP contribution in [-0.2, 0) is 22.3 Å². The van der Waals surface area contributed by atoms with Gasteiger partial charge >= 0.3 is 6.18 Å². The van der Waals surface area contributed by atoms with Gasteiger partial charge in [-0.25, -0.2) is 0 Å². The Morgan fingerprint density at radius 1 is 1.42 bits per heavy atom. The fraction of sp³-hybridized carbons (Fsp3) is 0.429. The molecule has 1 aromatic carbocycles. The Kier molecular flexibility index (Phi) is 5.50. The first kappa shape index (κ1) is 17.9. The summed E-state index contributed by atoms with van der Waals surface area (Å²) in [6.45, 7) is 1.93. The molecule has 0 aliphatic heterocycles. The van der Waals surface area contributed by atoms with Gasteiger partial charge in [0.1, 0.15) is 6.54 Å². The van der Waals surface area contributed by atoms with Crippen LogP contribution in [0.4, 0.5) is 13.2 Å². The van der Waals surface area contributed by atoms with Crippen LogP contribution < -0.4 is 5.32 Å². The first-order valence-corrected chi connectivity index (χ1v) is 7.03. The SMILES string of the molecule is COCC(C)NC(=O)Cn1nnc(-c2cccc(C(F)(F)F)c2)n1. The monoisotopic (exact) mass is 343 g/mol. The topological polar surface area (TPSA) is 81.9 Å². The third-order valence-corrected chi connectivity index (χ3v) is 3.01. The number of nitrogens with zero attached hydrogens (tertiary/aromatic N) is 4. The lowest BCUT2D eigenvalue weighted by Gasteiger charge is -2.11. The Balaban J connectivity index is 2.07. The lowest BCUT2D eigenvalue weighted by Crippen LogP contribution is -2.38. The van der Waals surface area contributed by atoms with Crippen molar-refractivity contribution < 1.29 is 22.7 Å². The quantitative estimate of drug-likeness (QED) is 0.860. The summed E-state index contributed by atoms with van der Waals surface area (Å²) in [6, 6.07) is 4.41. The number of hydrogen-bond acceptors (Lipinski definition) is 5. The first-order chi connectivity index (χ1) is 11.3. The average Bonchev–Trinajstić information content (AvgIpc) is 2.95. The van der Waals surface area contributed by atoms with Gasteiger partial charge in [-0.05, 0) is 24.3 Å². The van der Waals surface area contributed by atoms with E-state index >= 15 is 0 Å². The molecular formula is C14H16F3N5O2. The molecular weight excluding hydrogens is 327 g/mol. The number of carbonyl (C=O) groups is 1. The summed E-state index contributed by atoms with van der Waals surface area (Å²) >= 11 is 0. The molecule has 2 rings (SSSR count). The number of carbonyl (C=O) groups excluding carboxylic acids is 1. The number of benzene rings is 1. The highest BCUT2D eigenvalue weighted by atomic mass is 19.4. The third-order valence-electron chi connectivity index (χ3n) is 3.01. The fourth-order valence-corrected chi connectivity index (χ4v) is 2.00. The number of tetrazole rings is 1. The van der Waals surface area contributed by atoms with E-state index in [4.69, 9.17) is 4.74 Å². The minimum absolute atomic E-state index is 0.0128. The van der Waals surface area contributed by atoms with Crippen LogP contribution in [0.3, 0.4) is 0 Å². The molecule has 0 aliphatic rings. The van der Waals surface area contributed by atoms with Crippen molar-refractivity contribution in [2.45, 2.75) is 25.7 Å². The molecule has 0 spiro atoms. The van der Waals surface area contributed by atoms with Crippen molar-refractivity contribution >= 4 is 5.91 Å². The summed E-state index contributed by atoms with van der Waals surface area (Å²) in [4.78, 5) is 12.8. The van der Waals surface area contributed by atoms with Crippen molar-refractivity contribution in [1.82, 2.24) is 25.5 Å². The molecule has 0 saturated carbocycles. The van der Waals surface area contributed by atoms with Crippen LogP contribution in [-0.4, -0.2) is 45.9 Å². The van der Waals surface area contributed by atoms with Crippen LogP contribution in [0.5, 0.6) is 0 Å². The molecule has 10 heteroatoms.